The van der Waals surface area contributed by atoms with Crippen LogP contribution in [0.3, 0.4) is 0 Å². The van der Waals surface area contributed by atoms with Crippen molar-refractivity contribution in [3.63, 3.8) is 0 Å². The molecule has 0 aliphatic heterocycles. The van der Waals surface area contributed by atoms with Crippen LogP contribution in [0, 0.1) is 25.2 Å². The van der Waals surface area contributed by atoms with E-state index < -0.39 is 0 Å². The Morgan fingerprint density at radius 3 is 2.62 bits per heavy atom. The molecule has 1 aromatic carbocycles. The molecule has 0 spiro atoms. The quantitative estimate of drug-likeness (QED) is 0.600. The second kappa shape index (κ2) is 3.86. The molecule has 0 atom stereocenters. The summed E-state index contributed by atoms with van der Waals surface area (Å²) in [6.07, 6.45) is 1.75. The van der Waals surface area contributed by atoms with Gasteiger partial charge in [0.1, 0.15) is 0 Å². The lowest BCUT2D eigenvalue weighted by atomic mass is 10.0. The standard InChI is InChI=1S/C11H12N2/c1-4-13-11-8(2)5-6-10(7-12)9(11)3/h4-6H,1-3H3. The Morgan fingerprint density at radius 2 is 2.08 bits per heavy atom. The number of rotatable bonds is 1. The SMILES string of the molecule is CC=Nc1c(C)ccc(C#N)c1C. The molecular weight excluding hydrogens is 160 g/mol. The number of nitriles is 1. The Morgan fingerprint density at radius 1 is 1.38 bits per heavy atom. The van der Waals surface area contributed by atoms with Crippen LogP contribution in [0.15, 0.2) is 17.1 Å². The van der Waals surface area contributed by atoms with E-state index in [-0.39, 0.29) is 0 Å². The van der Waals surface area contributed by atoms with E-state index in [9.17, 15) is 0 Å². The highest BCUT2D eigenvalue weighted by Crippen LogP contribution is 2.25. The summed E-state index contributed by atoms with van der Waals surface area (Å²) in [5.74, 6) is 0. The minimum atomic E-state index is 0.700. The first-order chi connectivity index (χ1) is 6.20. The van der Waals surface area contributed by atoms with Crippen LogP contribution in [0.25, 0.3) is 0 Å². The minimum Gasteiger partial charge on any atom is -0.261 e. The van der Waals surface area contributed by atoms with Crippen LogP contribution in [0.1, 0.15) is 23.6 Å². The molecule has 0 N–H and O–H groups in total. The number of benzene rings is 1. The van der Waals surface area contributed by atoms with Crippen molar-refractivity contribution >= 4 is 11.9 Å². The third-order valence-corrected chi connectivity index (χ3v) is 2.01. The summed E-state index contributed by atoms with van der Waals surface area (Å²) in [6.45, 7) is 5.79. The van der Waals surface area contributed by atoms with Gasteiger partial charge in [0, 0.05) is 6.21 Å². The van der Waals surface area contributed by atoms with Crippen molar-refractivity contribution in [1.29, 1.82) is 5.26 Å². The molecule has 0 radical (unpaired) electrons. The molecule has 0 aliphatic carbocycles. The van der Waals surface area contributed by atoms with Gasteiger partial charge in [-0.2, -0.15) is 5.26 Å². The van der Waals surface area contributed by atoms with Crippen molar-refractivity contribution in [1.82, 2.24) is 0 Å². The fourth-order valence-electron chi connectivity index (χ4n) is 1.28. The maximum atomic E-state index is 8.80. The summed E-state index contributed by atoms with van der Waals surface area (Å²) in [5, 5.41) is 8.80. The second-order valence-electron chi connectivity index (χ2n) is 2.90. The van der Waals surface area contributed by atoms with Crippen LogP contribution < -0.4 is 0 Å². The summed E-state index contributed by atoms with van der Waals surface area (Å²) in [5.41, 5.74) is 3.68. The van der Waals surface area contributed by atoms with Crippen LogP contribution in [0.4, 0.5) is 5.69 Å². The van der Waals surface area contributed by atoms with Gasteiger partial charge in [-0.15, -0.1) is 0 Å². The Balaban J connectivity index is 3.40. The van der Waals surface area contributed by atoms with Gasteiger partial charge in [-0.25, -0.2) is 0 Å². The Bertz CT molecular complexity index is 384. The van der Waals surface area contributed by atoms with Gasteiger partial charge in [-0.1, -0.05) is 6.07 Å². The Labute approximate surface area is 78.5 Å². The summed E-state index contributed by atoms with van der Waals surface area (Å²) in [7, 11) is 0. The zero-order valence-corrected chi connectivity index (χ0v) is 8.13. The molecule has 0 aliphatic rings. The molecule has 0 fully saturated rings. The monoisotopic (exact) mass is 172 g/mol. The molecule has 0 saturated heterocycles. The van der Waals surface area contributed by atoms with E-state index in [4.69, 9.17) is 5.26 Å². The Hall–Kier alpha value is -1.62. The molecule has 0 saturated carbocycles. The summed E-state index contributed by atoms with van der Waals surface area (Å²) < 4.78 is 0. The van der Waals surface area contributed by atoms with Crippen molar-refractivity contribution in [3.05, 3.63) is 28.8 Å². The summed E-state index contributed by atoms with van der Waals surface area (Å²) >= 11 is 0. The second-order valence-corrected chi connectivity index (χ2v) is 2.90. The maximum absolute atomic E-state index is 8.80. The van der Waals surface area contributed by atoms with Crippen molar-refractivity contribution in [2.75, 3.05) is 0 Å². The molecule has 0 amide bonds. The molecule has 0 bridgehead atoms. The lowest BCUT2D eigenvalue weighted by Gasteiger charge is -2.05. The first kappa shape index (κ1) is 9.47. The van der Waals surface area contributed by atoms with Crippen molar-refractivity contribution in [2.24, 2.45) is 4.99 Å². The largest absolute Gasteiger partial charge is 0.261 e. The first-order valence-corrected chi connectivity index (χ1v) is 4.19. The van der Waals surface area contributed by atoms with E-state index in [0.29, 0.717) is 5.56 Å². The molecule has 13 heavy (non-hydrogen) atoms. The molecule has 2 nitrogen and oxygen atoms in total. The Kier molecular flexibility index (Phi) is 2.81. The molecule has 2 heteroatoms. The summed E-state index contributed by atoms with van der Waals surface area (Å²) in [6, 6.07) is 5.90. The number of aliphatic imine (C=N–C) groups is 1. The van der Waals surface area contributed by atoms with E-state index in [1.54, 1.807) is 6.21 Å². The third kappa shape index (κ3) is 1.75. The fourth-order valence-corrected chi connectivity index (χ4v) is 1.28. The molecule has 0 unspecified atom stereocenters. The molecule has 0 aromatic heterocycles. The molecular formula is C11H12N2. The fraction of sp³-hybridized carbons (Fsp3) is 0.273. The van der Waals surface area contributed by atoms with Crippen molar-refractivity contribution in [3.8, 4) is 6.07 Å². The normalized spacial score (nSPS) is 10.3. The van der Waals surface area contributed by atoms with E-state index in [1.165, 1.54) is 0 Å². The number of hydrogen-bond acceptors (Lipinski definition) is 2. The van der Waals surface area contributed by atoms with Gasteiger partial charge in [0.2, 0.25) is 0 Å². The zero-order valence-electron chi connectivity index (χ0n) is 8.13. The van der Waals surface area contributed by atoms with Crippen LogP contribution in [-0.2, 0) is 0 Å². The highest BCUT2D eigenvalue weighted by molar-refractivity contribution is 5.67. The number of aryl methyl sites for hydroxylation is 1. The number of hydrogen-bond donors (Lipinski definition) is 0. The average Bonchev–Trinajstić information content (AvgIpc) is 2.12. The van der Waals surface area contributed by atoms with Crippen molar-refractivity contribution < 1.29 is 0 Å². The average molecular weight is 172 g/mol. The van der Waals surface area contributed by atoms with Crippen molar-refractivity contribution in [2.45, 2.75) is 20.8 Å². The summed E-state index contributed by atoms with van der Waals surface area (Å²) in [4.78, 5) is 4.24. The van der Waals surface area contributed by atoms with Crippen LogP contribution in [0.2, 0.25) is 0 Å². The smallest absolute Gasteiger partial charge is 0.0995 e. The van der Waals surface area contributed by atoms with Gasteiger partial charge >= 0.3 is 0 Å². The van der Waals surface area contributed by atoms with Gasteiger partial charge in [0.15, 0.2) is 0 Å². The lowest BCUT2D eigenvalue weighted by Crippen LogP contribution is -1.86. The van der Waals surface area contributed by atoms with Gasteiger partial charge in [-0.3, -0.25) is 4.99 Å². The van der Waals surface area contributed by atoms with Gasteiger partial charge in [0.25, 0.3) is 0 Å². The predicted molar refractivity (Wildman–Crippen MR) is 54.5 cm³/mol. The van der Waals surface area contributed by atoms with Crippen LogP contribution in [-0.4, -0.2) is 6.21 Å². The van der Waals surface area contributed by atoms with E-state index >= 15 is 0 Å². The minimum absolute atomic E-state index is 0.700. The number of nitrogens with zero attached hydrogens (tertiary/aromatic N) is 2. The van der Waals surface area contributed by atoms with E-state index in [2.05, 4.69) is 11.1 Å². The molecule has 0 heterocycles. The molecule has 1 aromatic rings. The third-order valence-electron chi connectivity index (χ3n) is 2.01. The highest BCUT2D eigenvalue weighted by Gasteiger charge is 2.04. The van der Waals surface area contributed by atoms with Gasteiger partial charge in [-0.05, 0) is 38.0 Å². The van der Waals surface area contributed by atoms with Crippen LogP contribution in [0.5, 0.6) is 0 Å². The topological polar surface area (TPSA) is 36.1 Å². The predicted octanol–water partition coefficient (Wildman–Crippen LogP) is 2.90. The van der Waals surface area contributed by atoms with E-state index in [1.807, 2.05) is 32.9 Å². The highest BCUT2D eigenvalue weighted by atomic mass is 14.7. The zero-order chi connectivity index (χ0) is 9.84. The first-order valence-electron chi connectivity index (χ1n) is 4.19. The molecule has 1 rings (SSSR count). The van der Waals surface area contributed by atoms with E-state index in [0.717, 1.165) is 16.8 Å². The molecule has 66 valence electrons. The maximum Gasteiger partial charge on any atom is 0.0995 e. The lowest BCUT2D eigenvalue weighted by molar-refractivity contribution is 1.30. The van der Waals surface area contributed by atoms with Crippen LogP contribution >= 0.6 is 0 Å². The van der Waals surface area contributed by atoms with Gasteiger partial charge < -0.3 is 0 Å². The van der Waals surface area contributed by atoms with Gasteiger partial charge in [0.05, 0.1) is 17.3 Å².